The molecule has 0 radical (unpaired) electrons. The largest absolute Gasteiger partial charge is 0.480 e. The molecule has 4 nitrogen and oxygen atoms in total. The van der Waals surface area contributed by atoms with Crippen molar-refractivity contribution in [2.24, 2.45) is 0 Å². The summed E-state index contributed by atoms with van der Waals surface area (Å²) in [5, 5.41) is 19.0. The first-order valence-electron chi connectivity index (χ1n) is 7.23. The molecule has 2 N–H and O–H groups in total. The van der Waals surface area contributed by atoms with Crippen LogP contribution in [-0.4, -0.2) is 22.2 Å². The average molecular weight is 300 g/mol. The number of allylic oxidation sites excluding steroid dienone is 2. The van der Waals surface area contributed by atoms with Gasteiger partial charge in [0.15, 0.2) is 0 Å². The van der Waals surface area contributed by atoms with Gasteiger partial charge in [-0.3, -0.25) is 4.79 Å². The highest BCUT2D eigenvalue weighted by molar-refractivity contribution is 5.93. The Balaban J connectivity index is 2.53. The molecule has 0 heterocycles. The summed E-state index contributed by atoms with van der Waals surface area (Å²) in [7, 11) is 0. The number of carboxylic acids is 2. The Morgan fingerprint density at radius 3 is 2.18 bits per heavy atom. The number of benzene rings is 1. The van der Waals surface area contributed by atoms with Crippen molar-refractivity contribution in [3.8, 4) is 0 Å². The maximum absolute atomic E-state index is 11.9. The lowest BCUT2D eigenvalue weighted by atomic mass is 9.71. The van der Waals surface area contributed by atoms with Crippen molar-refractivity contribution in [2.75, 3.05) is 0 Å². The normalized spacial score (nSPS) is 21.3. The molecule has 1 aliphatic carbocycles. The van der Waals surface area contributed by atoms with Crippen molar-refractivity contribution < 1.29 is 19.8 Å². The van der Waals surface area contributed by atoms with Crippen LogP contribution in [0.2, 0.25) is 0 Å². The number of rotatable bonds is 4. The van der Waals surface area contributed by atoms with Gasteiger partial charge in [-0.15, -0.1) is 0 Å². The van der Waals surface area contributed by atoms with E-state index in [9.17, 15) is 19.8 Å². The second-order valence-electron chi connectivity index (χ2n) is 6.09. The zero-order valence-corrected chi connectivity index (χ0v) is 13.0. The summed E-state index contributed by atoms with van der Waals surface area (Å²) in [4.78, 5) is 23.2. The zero-order valence-electron chi connectivity index (χ0n) is 13.0. The number of hydrogen-bond acceptors (Lipinski definition) is 2. The van der Waals surface area contributed by atoms with Crippen LogP contribution in [0.4, 0.5) is 0 Å². The standard InChI is InChI=1S/C18H20O4/c1-11(2)13-4-6-15(7-5-13)18(17(21)22)9-12(3)8-14(10-18)16(19)20/h4-9,11H,10H2,1-3H3,(H,19,20)(H,21,22). The molecule has 0 aliphatic heterocycles. The Morgan fingerprint density at radius 1 is 1.14 bits per heavy atom. The van der Waals surface area contributed by atoms with E-state index in [1.807, 2.05) is 12.1 Å². The fourth-order valence-electron chi connectivity index (χ4n) is 2.86. The van der Waals surface area contributed by atoms with Crippen molar-refractivity contribution in [1.82, 2.24) is 0 Å². The minimum Gasteiger partial charge on any atom is -0.480 e. The lowest BCUT2D eigenvalue weighted by Gasteiger charge is -2.30. The van der Waals surface area contributed by atoms with E-state index in [0.29, 0.717) is 17.1 Å². The summed E-state index contributed by atoms with van der Waals surface area (Å²) in [6.45, 7) is 5.86. The average Bonchev–Trinajstić information content (AvgIpc) is 2.46. The molecule has 0 aromatic heterocycles. The summed E-state index contributed by atoms with van der Waals surface area (Å²) in [5.41, 5.74) is 1.18. The topological polar surface area (TPSA) is 74.6 Å². The van der Waals surface area contributed by atoms with Crippen molar-refractivity contribution in [2.45, 2.75) is 38.5 Å². The molecular formula is C18H20O4. The molecule has 1 aromatic rings. The van der Waals surface area contributed by atoms with E-state index in [1.165, 1.54) is 6.08 Å². The minimum absolute atomic E-state index is 0.0456. The van der Waals surface area contributed by atoms with Crippen molar-refractivity contribution in [1.29, 1.82) is 0 Å². The molecule has 4 heteroatoms. The van der Waals surface area contributed by atoms with Crippen LogP contribution in [0.15, 0.2) is 47.6 Å². The third kappa shape index (κ3) is 2.82. The van der Waals surface area contributed by atoms with Gasteiger partial charge in [-0.1, -0.05) is 49.8 Å². The molecular weight excluding hydrogens is 280 g/mol. The van der Waals surface area contributed by atoms with Gasteiger partial charge in [0, 0.05) is 12.0 Å². The quantitative estimate of drug-likeness (QED) is 0.892. The first-order valence-corrected chi connectivity index (χ1v) is 7.23. The third-order valence-corrected chi connectivity index (χ3v) is 4.09. The molecule has 0 amide bonds. The monoisotopic (exact) mass is 300 g/mol. The summed E-state index contributed by atoms with van der Waals surface area (Å²) < 4.78 is 0. The van der Waals surface area contributed by atoms with Crippen LogP contribution in [0.25, 0.3) is 0 Å². The van der Waals surface area contributed by atoms with Crippen LogP contribution < -0.4 is 0 Å². The maximum Gasteiger partial charge on any atom is 0.331 e. The number of aliphatic carboxylic acids is 2. The number of carboxylic acid groups (broad SMARTS) is 2. The van der Waals surface area contributed by atoms with Gasteiger partial charge in [0.1, 0.15) is 5.41 Å². The maximum atomic E-state index is 11.9. The molecule has 22 heavy (non-hydrogen) atoms. The molecule has 0 spiro atoms. The van der Waals surface area contributed by atoms with Gasteiger partial charge in [-0.2, -0.15) is 0 Å². The molecule has 0 saturated carbocycles. The highest BCUT2D eigenvalue weighted by Gasteiger charge is 2.42. The van der Waals surface area contributed by atoms with E-state index in [1.54, 1.807) is 25.1 Å². The van der Waals surface area contributed by atoms with E-state index >= 15 is 0 Å². The second kappa shape index (κ2) is 5.79. The third-order valence-electron chi connectivity index (χ3n) is 4.09. The van der Waals surface area contributed by atoms with Gasteiger partial charge in [0.25, 0.3) is 0 Å². The molecule has 0 fully saturated rings. The first kappa shape index (κ1) is 16.0. The minimum atomic E-state index is -1.32. The van der Waals surface area contributed by atoms with Gasteiger partial charge in [0.05, 0.1) is 0 Å². The van der Waals surface area contributed by atoms with Crippen molar-refractivity contribution >= 4 is 11.9 Å². The Bertz CT molecular complexity index is 665. The number of hydrogen-bond donors (Lipinski definition) is 2. The molecule has 0 bridgehead atoms. The summed E-state index contributed by atoms with van der Waals surface area (Å²) in [5.74, 6) is -1.75. The molecule has 2 rings (SSSR count). The summed E-state index contributed by atoms with van der Waals surface area (Å²) >= 11 is 0. The fraction of sp³-hybridized carbons (Fsp3) is 0.333. The van der Waals surface area contributed by atoms with E-state index in [0.717, 1.165) is 5.56 Å². The van der Waals surface area contributed by atoms with Crippen LogP contribution >= 0.6 is 0 Å². The Hall–Kier alpha value is -2.36. The predicted octanol–water partition coefficient (Wildman–Crippen LogP) is 3.49. The highest BCUT2D eigenvalue weighted by Crippen LogP contribution is 2.38. The van der Waals surface area contributed by atoms with E-state index < -0.39 is 17.4 Å². The van der Waals surface area contributed by atoms with Crippen LogP contribution in [0.5, 0.6) is 0 Å². The van der Waals surface area contributed by atoms with Crippen LogP contribution in [0, 0.1) is 0 Å². The summed E-state index contributed by atoms with van der Waals surface area (Å²) in [6, 6.07) is 7.40. The Morgan fingerprint density at radius 2 is 1.73 bits per heavy atom. The van der Waals surface area contributed by atoms with Gasteiger partial charge in [0.2, 0.25) is 0 Å². The molecule has 1 aromatic carbocycles. The molecule has 1 aliphatic rings. The lowest BCUT2D eigenvalue weighted by molar-refractivity contribution is -0.142. The van der Waals surface area contributed by atoms with Crippen LogP contribution in [0.3, 0.4) is 0 Å². The van der Waals surface area contributed by atoms with Crippen LogP contribution in [0.1, 0.15) is 44.2 Å². The predicted molar refractivity (Wildman–Crippen MR) is 83.9 cm³/mol. The second-order valence-corrected chi connectivity index (χ2v) is 6.09. The van der Waals surface area contributed by atoms with Crippen molar-refractivity contribution in [3.05, 3.63) is 58.7 Å². The molecule has 116 valence electrons. The Kier molecular flexibility index (Phi) is 4.22. The smallest absolute Gasteiger partial charge is 0.331 e. The molecule has 1 atom stereocenters. The van der Waals surface area contributed by atoms with Gasteiger partial charge >= 0.3 is 11.9 Å². The van der Waals surface area contributed by atoms with E-state index in [-0.39, 0.29) is 12.0 Å². The Labute approximate surface area is 129 Å². The fourth-order valence-corrected chi connectivity index (χ4v) is 2.86. The first-order chi connectivity index (χ1) is 10.3. The SMILES string of the molecule is CC1=CC(C(=O)O)(c2ccc(C(C)C)cc2)CC(C(=O)O)=C1. The van der Waals surface area contributed by atoms with Gasteiger partial charge < -0.3 is 10.2 Å². The lowest BCUT2D eigenvalue weighted by Crippen LogP contribution is -2.37. The zero-order chi connectivity index (χ0) is 16.5. The van der Waals surface area contributed by atoms with Gasteiger partial charge in [-0.05, 0) is 30.0 Å². The van der Waals surface area contributed by atoms with Gasteiger partial charge in [-0.25, -0.2) is 4.79 Å². The molecule has 1 unspecified atom stereocenters. The highest BCUT2D eigenvalue weighted by atomic mass is 16.4. The number of carbonyl (C=O) groups is 2. The summed E-state index contributed by atoms with van der Waals surface area (Å²) in [6.07, 6.45) is 3.13. The van der Waals surface area contributed by atoms with E-state index in [2.05, 4.69) is 13.8 Å². The van der Waals surface area contributed by atoms with Crippen molar-refractivity contribution in [3.63, 3.8) is 0 Å². The van der Waals surface area contributed by atoms with Crippen LogP contribution in [-0.2, 0) is 15.0 Å². The van der Waals surface area contributed by atoms with E-state index in [4.69, 9.17) is 0 Å². The molecule has 0 saturated heterocycles.